The van der Waals surface area contributed by atoms with E-state index < -0.39 is 66.4 Å². The van der Waals surface area contributed by atoms with Gasteiger partial charge in [-0.15, -0.1) is 0 Å². The average molecular weight is 1180 g/mol. The van der Waals surface area contributed by atoms with Crippen LogP contribution in [0.1, 0.15) is 0 Å². The molecular weight excluding hydrogens is 1160 g/mol. The zero-order chi connectivity index (χ0) is 49.9. The molecule has 5 aromatic carbocycles. The summed E-state index contributed by atoms with van der Waals surface area (Å²) in [6.45, 7) is 0. The number of nitrogen functional groups attached to an aromatic ring is 1. The second-order valence-corrected chi connectivity index (χ2v) is 21.3. The maximum absolute atomic E-state index is 14.1. The molecule has 0 unspecified atom stereocenters. The Morgan fingerprint density at radius 3 is 1.43 bits per heavy atom. The molecule has 8 bridgehead atoms. The second kappa shape index (κ2) is 21.3. The van der Waals surface area contributed by atoms with E-state index >= 15 is 0 Å². The van der Waals surface area contributed by atoms with Crippen LogP contribution in [0.15, 0.2) is 117 Å². The summed E-state index contributed by atoms with van der Waals surface area (Å²) in [6.07, 6.45) is 0. The van der Waals surface area contributed by atoms with Gasteiger partial charge in [-0.05, 0) is 77.0 Å². The number of nitrogens with zero attached hydrogens (tertiary/aromatic N) is 11. The normalized spacial score (nSPS) is 12.1. The molecule has 0 saturated heterocycles. The van der Waals surface area contributed by atoms with Crippen LogP contribution in [0, 0.1) is 0 Å². The van der Waals surface area contributed by atoms with E-state index in [4.69, 9.17) is 17.3 Å². The number of halogens is 1. The quantitative estimate of drug-likeness (QED) is 0.0945. The first-order valence-corrected chi connectivity index (χ1v) is 25.9. The maximum Gasteiger partial charge on any atom is 2.00 e. The Bertz CT molecular complexity index is 4530. The average Bonchev–Trinajstić information content (AvgIpc) is 4.03. The number of rotatable bonds is 8. The summed E-state index contributed by atoms with van der Waals surface area (Å²) in [7, 11) is -20.1. The summed E-state index contributed by atoms with van der Waals surface area (Å²) in [5, 5.41) is 1.91. The van der Waals surface area contributed by atoms with Gasteiger partial charge in [0.15, 0.2) is 0 Å². The molecule has 0 amide bonds. The van der Waals surface area contributed by atoms with Crippen molar-refractivity contribution in [1.82, 2.24) is 54.8 Å². The molecule has 4 aromatic heterocycles. The number of benzene rings is 5. The van der Waals surface area contributed by atoms with E-state index in [1.807, 2.05) is 0 Å². The van der Waals surface area contributed by atoms with Crippen LogP contribution in [0.25, 0.3) is 89.7 Å². The minimum absolute atomic E-state index is 0. The van der Waals surface area contributed by atoms with E-state index in [9.17, 15) is 47.3 Å². The third-order valence-electron chi connectivity index (χ3n) is 10.8. The number of hydrogen-bond acceptors (Lipinski definition) is 22. The summed E-state index contributed by atoms with van der Waals surface area (Å²) in [5.41, 5.74) is 4.63. The van der Waals surface area contributed by atoms with Gasteiger partial charge in [-0.1, -0.05) is 42.5 Å². The third-order valence-corrected chi connectivity index (χ3v) is 14.9. The number of nitrogens with one attached hydrogen (secondary N) is 2. The van der Waals surface area contributed by atoms with Gasteiger partial charge in [0.25, 0.3) is 10.0 Å². The van der Waals surface area contributed by atoms with Crippen LogP contribution in [-0.4, -0.2) is 92.2 Å². The molecule has 0 saturated carbocycles. The zero-order valence-electron chi connectivity index (χ0n) is 38.0. The fourth-order valence-corrected chi connectivity index (χ4v) is 10.9. The smallest absolute Gasteiger partial charge is 0.744 e. The van der Waals surface area contributed by atoms with E-state index in [2.05, 4.69) is 64.9 Å². The maximum atomic E-state index is 14.1. The standard InChI is InChI=1S/C41H23ClN14O11S4.Cu.3Na/c42-39-53-40(43)55-41(54-39)44-17-4-1-5-18(14-17)56-68(57,58)19-10-12-21-25(15-19)36-46-31(21)45-33-23-6-2-8-27(70(62,63)64)29(23)37(50-33)49-32-22-13-11-20(69(59,60)61)16-26(22)35(47-32)48-34-24-7-3-9-28(71(65,66)67)30(24)38(51-34)52-36;;;;/h1-16,56H,(H6-2,43,44,45,46,47,48,49,50,51,52,53,54,55,59,60,61,62,63,64,65,66,67);;;;/q-2;+2;3*+1/p-3. The molecule has 0 spiro atoms. The van der Waals surface area contributed by atoms with Gasteiger partial charge < -0.3 is 54.6 Å². The summed E-state index contributed by atoms with van der Waals surface area (Å²) in [4.78, 5) is 45.3. The van der Waals surface area contributed by atoms with E-state index in [0.717, 1.165) is 24.3 Å². The van der Waals surface area contributed by atoms with Crippen LogP contribution in [-0.2, 0) is 57.4 Å². The van der Waals surface area contributed by atoms with Crippen molar-refractivity contribution >= 4 is 119 Å². The molecule has 2 aliphatic heterocycles. The van der Waals surface area contributed by atoms with Gasteiger partial charge in [-0.3, -0.25) is 4.72 Å². The molecule has 0 aliphatic carbocycles. The number of aromatic nitrogens is 11. The number of nitrogens with two attached hydrogens (primary N) is 1. The van der Waals surface area contributed by atoms with Crippen molar-refractivity contribution in [2.75, 3.05) is 15.8 Å². The van der Waals surface area contributed by atoms with Gasteiger partial charge in [0.05, 0.1) is 48.6 Å². The topological polar surface area (TPSA) is 400 Å². The Balaban J connectivity index is 0.00000205. The van der Waals surface area contributed by atoms with Crippen molar-refractivity contribution < 1.29 is 153 Å². The molecule has 75 heavy (non-hydrogen) atoms. The van der Waals surface area contributed by atoms with E-state index in [1.165, 1.54) is 66.7 Å². The van der Waals surface area contributed by atoms with Crippen molar-refractivity contribution in [2.24, 2.45) is 0 Å². The van der Waals surface area contributed by atoms with Gasteiger partial charge >= 0.3 is 106 Å². The Kier molecular flexibility index (Phi) is 16.5. The molecule has 6 heterocycles. The summed E-state index contributed by atoms with van der Waals surface area (Å²) >= 11 is 5.90. The Hall–Kier alpha value is -4.64. The minimum atomic E-state index is -5.29. The summed E-state index contributed by atoms with van der Waals surface area (Å²) in [6, 6.07) is 20.1. The van der Waals surface area contributed by atoms with Gasteiger partial charge in [0, 0.05) is 61.3 Å². The van der Waals surface area contributed by atoms with Crippen LogP contribution < -0.4 is 114 Å². The Morgan fingerprint density at radius 2 is 0.933 bits per heavy atom. The summed E-state index contributed by atoms with van der Waals surface area (Å²) in [5.74, 6) is -1.35. The van der Waals surface area contributed by atoms with Gasteiger partial charge in [-0.2, -0.15) is 15.0 Å². The van der Waals surface area contributed by atoms with E-state index in [1.54, 1.807) is 6.07 Å². The molecule has 0 fully saturated rings. The largest absolute Gasteiger partial charge is 2.00 e. The van der Waals surface area contributed by atoms with E-state index in [-0.39, 0.29) is 212 Å². The van der Waals surface area contributed by atoms with Gasteiger partial charge in [0.2, 0.25) is 17.2 Å². The molecule has 11 rings (SSSR count). The molecule has 34 heteroatoms. The number of sulfonamides is 1. The van der Waals surface area contributed by atoms with Crippen molar-refractivity contribution in [3.63, 3.8) is 0 Å². The predicted octanol–water partition coefficient (Wildman–Crippen LogP) is -5.19. The molecule has 4 N–H and O–H groups in total. The molecule has 365 valence electrons. The second-order valence-electron chi connectivity index (χ2n) is 15.2. The molecular formula is C41H20ClCuN14Na3O11S4. The Morgan fingerprint density at radius 1 is 0.480 bits per heavy atom. The minimum Gasteiger partial charge on any atom is -0.744 e. The van der Waals surface area contributed by atoms with Gasteiger partial charge in [-0.25, -0.2) is 43.6 Å². The van der Waals surface area contributed by atoms with Crippen molar-refractivity contribution in [3.8, 4) is 45.6 Å². The fraction of sp³-hybridized carbons (Fsp3) is 0. The fourth-order valence-electron chi connectivity index (χ4n) is 7.82. The van der Waals surface area contributed by atoms with Crippen LogP contribution >= 0.6 is 11.6 Å². The van der Waals surface area contributed by atoms with E-state index in [0.29, 0.717) is 5.69 Å². The van der Waals surface area contributed by atoms with Crippen molar-refractivity contribution in [2.45, 2.75) is 19.6 Å². The molecule has 2 aliphatic rings. The van der Waals surface area contributed by atoms with Crippen molar-refractivity contribution in [1.29, 1.82) is 0 Å². The zero-order valence-corrected chi connectivity index (χ0v) is 49.0. The third kappa shape index (κ3) is 11.1. The first kappa shape index (κ1) is 58.1. The first-order chi connectivity index (χ1) is 33.6. The van der Waals surface area contributed by atoms with Crippen LogP contribution in [0.3, 0.4) is 0 Å². The van der Waals surface area contributed by atoms with Crippen LogP contribution in [0.4, 0.5) is 23.3 Å². The number of anilines is 4. The van der Waals surface area contributed by atoms with Gasteiger partial charge in [0.1, 0.15) is 30.4 Å². The Labute approximate surface area is 504 Å². The molecule has 0 atom stereocenters. The summed E-state index contributed by atoms with van der Waals surface area (Å²) < 4.78 is 144. The van der Waals surface area contributed by atoms with Crippen molar-refractivity contribution in [3.05, 3.63) is 102 Å². The first-order valence-electron chi connectivity index (χ1n) is 19.8. The molecule has 1 radical (unpaired) electrons. The van der Waals surface area contributed by atoms with Crippen LogP contribution in [0.2, 0.25) is 5.28 Å². The number of hydrogen-bond donors (Lipinski definition) is 3. The predicted molar refractivity (Wildman–Crippen MR) is 248 cm³/mol. The monoisotopic (exact) mass is 1180 g/mol. The molecule has 25 nitrogen and oxygen atoms in total. The number of fused-ring (bicyclic) bond motifs is 20. The molecule has 9 aromatic rings. The van der Waals surface area contributed by atoms with Crippen LogP contribution in [0.5, 0.6) is 0 Å². The SMILES string of the molecule is Nc1nc(Cl)nc(Nc2cccc(NS(=O)(=O)c3ccc4c(c3)-c3nc-4nc4[n-]c(nc5nc(nc6[n-]c(n3)c3c(S(=O)(=O)[O-])cccc63)-c3cc(S(=O)(=O)[O-])ccc3-5)c3c(S(=O)(=O)[O-])cccc43)c2)n1.[Cu+2].[Na+].[Na+].[Na+].